The molecule has 0 fully saturated rings. The lowest BCUT2D eigenvalue weighted by atomic mass is 9.87. The van der Waals surface area contributed by atoms with E-state index in [2.05, 4.69) is 9.97 Å². The zero-order valence-electron chi connectivity index (χ0n) is 14.2. The lowest BCUT2D eigenvalue weighted by Crippen LogP contribution is -2.23. The van der Waals surface area contributed by atoms with E-state index in [0.717, 1.165) is 46.4 Å². The number of rotatable bonds is 3. The third-order valence-corrected chi connectivity index (χ3v) is 4.80. The fourth-order valence-electron chi connectivity index (χ4n) is 3.43. The van der Waals surface area contributed by atoms with Crippen molar-refractivity contribution in [2.75, 3.05) is 14.2 Å². The third-order valence-electron chi connectivity index (χ3n) is 4.80. The molecule has 1 unspecified atom stereocenters. The Labute approximate surface area is 145 Å². The maximum absolute atomic E-state index is 11.9. The molecule has 2 aromatic heterocycles. The van der Waals surface area contributed by atoms with Crippen molar-refractivity contribution in [1.29, 1.82) is 0 Å². The summed E-state index contributed by atoms with van der Waals surface area (Å²) in [4.78, 5) is 24.5. The molecule has 0 spiro atoms. The van der Waals surface area contributed by atoms with E-state index in [0.29, 0.717) is 12.2 Å². The molecule has 0 radical (unpaired) electrons. The second-order valence-corrected chi connectivity index (χ2v) is 6.23. The van der Waals surface area contributed by atoms with Crippen LogP contribution >= 0.6 is 0 Å². The Morgan fingerprint density at radius 2 is 2.04 bits per heavy atom. The molecule has 128 valence electrons. The molecule has 2 heterocycles. The van der Waals surface area contributed by atoms with Crippen LogP contribution in [0.4, 0.5) is 0 Å². The fraction of sp³-hybridized carbons (Fsp3) is 0.316. The average molecular weight is 337 g/mol. The summed E-state index contributed by atoms with van der Waals surface area (Å²) in [5.41, 5.74) is 4.99. The summed E-state index contributed by atoms with van der Waals surface area (Å²) in [6.45, 7) is 0. The number of H-pyrrole nitrogens is 1. The van der Waals surface area contributed by atoms with Gasteiger partial charge in [-0.05, 0) is 43.5 Å². The molecule has 0 saturated carbocycles. The molecule has 3 aromatic rings. The molecule has 0 bridgehead atoms. The molecule has 1 aliphatic rings. The number of fused-ring (bicyclic) bond motifs is 3. The van der Waals surface area contributed by atoms with Crippen molar-refractivity contribution in [1.82, 2.24) is 15.0 Å². The van der Waals surface area contributed by atoms with Crippen LogP contribution in [0, 0.1) is 5.92 Å². The van der Waals surface area contributed by atoms with Crippen molar-refractivity contribution in [3.63, 3.8) is 0 Å². The van der Waals surface area contributed by atoms with Crippen LogP contribution in [0.15, 0.2) is 30.5 Å². The van der Waals surface area contributed by atoms with Crippen molar-refractivity contribution < 1.29 is 14.3 Å². The SMILES string of the molecule is COC(=O)C1CCc2[nH]c3cnc(-c4ccc(OC)cc4)nc3c2C1. The Morgan fingerprint density at radius 3 is 2.76 bits per heavy atom. The van der Waals surface area contributed by atoms with Gasteiger partial charge in [0.25, 0.3) is 0 Å². The number of hydrogen-bond acceptors (Lipinski definition) is 5. The van der Waals surface area contributed by atoms with Crippen LogP contribution in [0.25, 0.3) is 22.4 Å². The predicted molar refractivity (Wildman–Crippen MR) is 93.4 cm³/mol. The minimum Gasteiger partial charge on any atom is -0.497 e. The van der Waals surface area contributed by atoms with Gasteiger partial charge in [0.2, 0.25) is 0 Å². The summed E-state index contributed by atoms with van der Waals surface area (Å²) >= 11 is 0. The van der Waals surface area contributed by atoms with Crippen molar-refractivity contribution in [3.8, 4) is 17.1 Å². The Hall–Kier alpha value is -2.89. The predicted octanol–water partition coefficient (Wildman–Crippen LogP) is 2.91. The second kappa shape index (κ2) is 6.20. The number of carbonyl (C=O) groups excluding carboxylic acids is 1. The molecule has 1 aliphatic carbocycles. The summed E-state index contributed by atoms with van der Waals surface area (Å²) in [5, 5.41) is 0. The number of ether oxygens (including phenoxy) is 2. The Morgan fingerprint density at radius 1 is 1.24 bits per heavy atom. The van der Waals surface area contributed by atoms with Crippen LogP contribution in [0.5, 0.6) is 5.75 Å². The first-order chi connectivity index (χ1) is 12.2. The zero-order valence-corrected chi connectivity index (χ0v) is 14.2. The number of nitrogens with one attached hydrogen (secondary N) is 1. The number of esters is 1. The molecule has 0 amide bonds. The van der Waals surface area contributed by atoms with Gasteiger partial charge in [0.1, 0.15) is 5.75 Å². The van der Waals surface area contributed by atoms with Crippen LogP contribution in [0.3, 0.4) is 0 Å². The standard InChI is InChI=1S/C19H19N3O3/c1-24-13-6-3-11(4-7-13)18-20-10-16-17(22-18)14-9-12(19(23)25-2)5-8-15(14)21-16/h3-4,6-7,10,12,21H,5,8-9H2,1-2H3. The molecular formula is C19H19N3O3. The van der Waals surface area contributed by atoms with Gasteiger partial charge in [-0.2, -0.15) is 0 Å². The lowest BCUT2D eigenvalue weighted by Gasteiger charge is -2.19. The molecule has 1 aromatic carbocycles. The molecule has 4 rings (SSSR count). The number of nitrogens with zero attached hydrogens (tertiary/aromatic N) is 2. The number of aryl methyl sites for hydroxylation is 1. The van der Waals surface area contributed by atoms with Crippen LogP contribution in [-0.4, -0.2) is 35.1 Å². The molecule has 6 heteroatoms. The van der Waals surface area contributed by atoms with Crippen LogP contribution in [0.1, 0.15) is 17.7 Å². The first-order valence-electron chi connectivity index (χ1n) is 8.28. The second-order valence-electron chi connectivity index (χ2n) is 6.23. The highest BCUT2D eigenvalue weighted by molar-refractivity contribution is 5.83. The zero-order chi connectivity index (χ0) is 17.4. The molecular weight excluding hydrogens is 318 g/mol. The molecule has 1 atom stereocenters. The number of hydrogen-bond donors (Lipinski definition) is 1. The van der Waals surface area contributed by atoms with E-state index in [1.807, 2.05) is 30.5 Å². The highest BCUT2D eigenvalue weighted by atomic mass is 16.5. The summed E-state index contributed by atoms with van der Waals surface area (Å²) in [6.07, 6.45) is 4.09. The maximum Gasteiger partial charge on any atom is 0.309 e. The van der Waals surface area contributed by atoms with Gasteiger partial charge in [-0.25, -0.2) is 9.97 Å². The highest BCUT2D eigenvalue weighted by Crippen LogP contribution is 2.32. The fourth-order valence-corrected chi connectivity index (χ4v) is 3.43. The number of carbonyl (C=O) groups is 1. The monoisotopic (exact) mass is 337 g/mol. The van der Waals surface area contributed by atoms with Crippen LogP contribution in [0.2, 0.25) is 0 Å². The van der Waals surface area contributed by atoms with E-state index in [9.17, 15) is 4.79 Å². The normalized spacial score (nSPS) is 16.5. The largest absolute Gasteiger partial charge is 0.497 e. The Balaban J connectivity index is 1.74. The van der Waals surface area contributed by atoms with Crippen molar-refractivity contribution in [2.45, 2.75) is 19.3 Å². The van der Waals surface area contributed by atoms with Gasteiger partial charge < -0.3 is 14.5 Å². The number of benzene rings is 1. The minimum atomic E-state index is -0.149. The number of aromatic nitrogens is 3. The van der Waals surface area contributed by atoms with Crippen molar-refractivity contribution in [3.05, 3.63) is 41.7 Å². The molecule has 0 aliphatic heterocycles. The van der Waals surface area contributed by atoms with Gasteiger partial charge in [0.05, 0.1) is 37.4 Å². The summed E-state index contributed by atoms with van der Waals surface area (Å²) in [5.74, 6) is 1.21. The van der Waals surface area contributed by atoms with Gasteiger partial charge in [-0.3, -0.25) is 4.79 Å². The van der Waals surface area contributed by atoms with Gasteiger partial charge in [-0.15, -0.1) is 0 Å². The lowest BCUT2D eigenvalue weighted by molar-refractivity contribution is -0.145. The summed E-state index contributed by atoms with van der Waals surface area (Å²) in [7, 11) is 3.08. The van der Waals surface area contributed by atoms with Gasteiger partial charge in [0, 0.05) is 16.8 Å². The van der Waals surface area contributed by atoms with E-state index < -0.39 is 0 Å². The summed E-state index contributed by atoms with van der Waals surface area (Å²) in [6, 6.07) is 7.66. The van der Waals surface area contributed by atoms with E-state index in [1.165, 1.54) is 7.11 Å². The van der Waals surface area contributed by atoms with E-state index in [4.69, 9.17) is 14.5 Å². The van der Waals surface area contributed by atoms with Gasteiger partial charge in [-0.1, -0.05) is 0 Å². The number of aromatic amines is 1. The van der Waals surface area contributed by atoms with Gasteiger partial charge in [0.15, 0.2) is 5.82 Å². The Kier molecular flexibility index (Phi) is 3.87. The van der Waals surface area contributed by atoms with Crippen LogP contribution in [-0.2, 0) is 22.4 Å². The first-order valence-corrected chi connectivity index (χ1v) is 8.28. The smallest absolute Gasteiger partial charge is 0.309 e. The van der Waals surface area contributed by atoms with Crippen LogP contribution < -0.4 is 4.74 Å². The van der Waals surface area contributed by atoms with E-state index >= 15 is 0 Å². The topological polar surface area (TPSA) is 77.1 Å². The number of methoxy groups -OCH3 is 2. The average Bonchev–Trinajstić information content (AvgIpc) is 3.04. The third kappa shape index (κ3) is 2.73. The Bertz CT molecular complexity index is 931. The minimum absolute atomic E-state index is 0.101. The van der Waals surface area contributed by atoms with E-state index in [-0.39, 0.29) is 11.9 Å². The molecule has 1 N–H and O–H groups in total. The molecule has 25 heavy (non-hydrogen) atoms. The van der Waals surface area contributed by atoms with Crippen molar-refractivity contribution in [2.24, 2.45) is 5.92 Å². The maximum atomic E-state index is 11.9. The first kappa shape index (κ1) is 15.6. The molecule has 6 nitrogen and oxygen atoms in total. The van der Waals surface area contributed by atoms with Gasteiger partial charge >= 0.3 is 5.97 Å². The quantitative estimate of drug-likeness (QED) is 0.744. The van der Waals surface area contributed by atoms with E-state index in [1.54, 1.807) is 7.11 Å². The van der Waals surface area contributed by atoms with Crippen molar-refractivity contribution >= 4 is 17.0 Å². The highest BCUT2D eigenvalue weighted by Gasteiger charge is 2.28. The molecule has 0 saturated heterocycles. The summed E-state index contributed by atoms with van der Waals surface area (Å²) < 4.78 is 10.1.